The van der Waals surface area contributed by atoms with Gasteiger partial charge in [-0.25, -0.2) is 4.98 Å². The Kier molecular flexibility index (Phi) is 6.15. The molecule has 0 unspecified atom stereocenters. The Bertz CT molecular complexity index is 615. The number of aromatic nitrogens is 1. The molecule has 132 valence electrons. The Hall–Kier alpha value is -0.580. The van der Waals surface area contributed by atoms with E-state index in [9.17, 15) is 13.5 Å². The van der Waals surface area contributed by atoms with E-state index in [1.54, 1.807) is 11.3 Å². The molecular formula is C14H26N4O3S2. The van der Waals surface area contributed by atoms with Crippen molar-refractivity contribution in [1.82, 2.24) is 18.9 Å². The van der Waals surface area contributed by atoms with E-state index in [0.29, 0.717) is 25.4 Å². The van der Waals surface area contributed by atoms with Gasteiger partial charge in [-0.15, -0.1) is 11.3 Å². The van der Waals surface area contributed by atoms with Crippen molar-refractivity contribution < 1.29 is 13.5 Å². The predicted molar refractivity (Wildman–Crippen MR) is 91.6 cm³/mol. The van der Waals surface area contributed by atoms with Crippen LogP contribution in [0.4, 0.5) is 0 Å². The van der Waals surface area contributed by atoms with Gasteiger partial charge in [0.05, 0.1) is 24.4 Å². The molecule has 0 aliphatic carbocycles. The van der Waals surface area contributed by atoms with Crippen LogP contribution in [-0.2, 0) is 16.8 Å². The lowest BCUT2D eigenvalue weighted by Crippen LogP contribution is -2.55. The fraction of sp³-hybridized carbons (Fsp3) is 0.786. The molecule has 2 N–H and O–H groups in total. The van der Waals surface area contributed by atoms with E-state index in [2.05, 4.69) is 33.8 Å². The molecule has 0 radical (unpaired) electrons. The Labute approximate surface area is 142 Å². The Balaban J connectivity index is 1.90. The average Bonchev–Trinajstić information content (AvgIpc) is 2.90. The Morgan fingerprint density at radius 1 is 1.52 bits per heavy atom. The van der Waals surface area contributed by atoms with Crippen molar-refractivity contribution in [1.29, 1.82) is 0 Å². The van der Waals surface area contributed by atoms with Crippen LogP contribution in [0.1, 0.15) is 36.9 Å². The quantitative estimate of drug-likeness (QED) is 0.774. The van der Waals surface area contributed by atoms with Crippen molar-refractivity contribution in [3.63, 3.8) is 0 Å². The zero-order valence-electron chi connectivity index (χ0n) is 14.1. The minimum Gasteiger partial charge on any atom is -0.390 e. The fourth-order valence-electron chi connectivity index (χ4n) is 2.43. The molecular weight excluding hydrogens is 336 g/mol. The number of aliphatic hydroxyl groups excluding tert-OH is 1. The lowest BCUT2D eigenvalue weighted by Gasteiger charge is -2.36. The van der Waals surface area contributed by atoms with Crippen molar-refractivity contribution >= 4 is 21.5 Å². The number of piperidine rings is 1. The fourth-order valence-corrected chi connectivity index (χ4v) is 4.29. The summed E-state index contributed by atoms with van der Waals surface area (Å²) in [6.07, 6.45) is -0.139. The van der Waals surface area contributed by atoms with Gasteiger partial charge in [0.15, 0.2) is 0 Å². The number of rotatable bonds is 6. The first-order valence-corrected chi connectivity index (χ1v) is 10.1. The molecule has 23 heavy (non-hydrogen) atoms. The molecule has 1 aliphatic heterocycles. The van der Waals surface area contributed by atoms with Gasteiger partial charge in [-0.05, 0) is 12.3 Å². The molecule has 9 heteroatoms. The molecule has 1 saturated heterocycles. The summed E-state index contributed by atoms with van der Waals surface area (Å²) in [6, 6.07) is -0.443. The van der Waals surface area contributed by atoms with Crippen LogP contribution in [-0.4, -0.2) is 67.0 Å². The van der Waals surface area contributed by atoms with Crippen LogP contribution in [0, 0.1) is 0 Å². The van der Waals surface area contributed by atoms with Crippen molar-refractivity contribution in [3.05, 3.63) is 16.1 Å². The summed E-state index contributed by atoms with van der Waals surface area (Å²) in [6.45, 7) is 6.10. The first-order valence-electron chi connectivity index (χ1n) is 7.73. The van der Waals surface area contributed by atoms with Gasteiger partial charge < -0.3 is 5.11 Å². The molecule has 7 nitrogen and oxygen atoms in total. The molecule has 2 atom stereocenters. The molecule has 0 spiro atoms. The summed E-state index contributed by atoms with van der Waals surface area (Å²) in [4.78, 5) is 6.73. The van der Waals surface area contributed by atoms with Gasteiger partial charge in [-0.2, -0.15) is 17.4 Å². The van der Waals surface area contributed by atoms with Gasteiger partial charge in [-0.1, -0.05) is 13.8 Å². The lowest BCUT2D eigenvalue weighted by atomic mass is 10.0. The van der Waals surface area contributed by atoms with E-state index in [4.69, 9.17) is 0 Å². The van der Waals surface area contributed by atoms with Gasteiger partial charge in [0, 0.05) is 32.6 Å². The maximum atomic E-state index is 11.9. The van der Waals surface area contributed by atoms with Crippen LogP contribution in [0.25, 0.3) is 0 Å². The highest BCUT2D eigenvalue weighted by atomic mass is 32.2. The van der Waals surface area contributed by atoms with Gasteiger partial charge in [0.1, 0.15) is 5.01 Å². The molecule has 1 fully saturated rings. The van der Waals surface area contributed by atoms with Crippen molar-refractivity contribution in [2.75, 3.05) is 27.2 Å². The Morgan fingerprint density at radius 2 is 2.22 bits per heavy atom. The van der Waals surface area contributed by atoms with E-state index in [0.717, 1.165) is 21.6 Å². The number of nitrogens with zero attached hydrogens (tertiary/aromatic N) is 3. The highest BCUT2D eigenvalue weighted by Crippen LogP contribution is 2.21. The molecule has 0 bridgehead atoms. The van der Waals surface area contributed by atoms with Crippen molar-refractivity contribution in [3.8, 4) is 0 Å². The SMILES string of the molecule is CC(C)c1csc(CN2CC[C@@H](NS(=O)(=O)N(C)C)[C@H](O)C2)n1. The third-order valence-electron chi connectivity index (χ3n) is 3.97. The third-order valence-corrected chi connectivity index (χ3v) is 6.38. The minimum atomic E-state index is -3.52. The number of hydrogen-bond acceptors (Lipinski definition) is 6. The second-order valence-corrected chi connectivity index (χ2v) is 9.28. The highest BCUT2D eigenvalue weighted by Gasteiger charge is 2.31. The van der Waals surface area contributed by atoms with Gasteiger partial charge in [-0.3, -0.25) is 4.90 Å². The summed E-state index contributed by atoms with van der Waals surface area (Å²) in [5.74, 6) is 0.414. The molecule has 0 saturated carbocycles. The largest absolute Gasteiger partial charge is 0.390 e. The van der Waals surface area contributed by atoms with Crippen molar-refractivity contribution in [2.24, 2.45) is 0 Å². The van der Waals surface area contributed by atoms with E-state index >= 15 is 0 Å². The van der Waals surface area contributed by atoms with Crippen LogP contribution in [0.3, 0.4) is 0 Å². The molecule has 0 amide bonds. The summed E-state index contributed by atoms with van der Waals surface area (Å²) < 4.78 is 27.4. The van der Waals surface area contributed by atoms with Crippen LogP contribution in [0.5, 0.6) is 0 Å². The number of β-amino-alcohol motifs (C(OH)–C–C–N with tert-alkyl or cyclic N) is 1. The van der Waals surface area contributed by atoms with Crippen LogP contribution < -0.4 is 4.72 Å². The van der Waals surface area contributed by atoms with E-state index in [1.165, 1.54) is 14.1 Å². The molecule has 1 aromatic heterocycles. The Morgan fingerprint density at radius 3 is 2.74 bits per heavy atom. The molecule has 2 heterocycles. The number of aliphatic hydroxyl groups is 1. The maximum absolute atomic E-state index is 11.9. The van der Waals surface area contributed by atoms with Crippen LogP contribution >= 0.6 is 11.3 Å². The smallest absolute Gasteiger partial charge is 0.279 e. The normalized spacial score (nSPS) is 23.8. The average molecular weight is 363 g/mol. The summed E-state index contributed by atoms with van der Waals surface area (Å²) in [5.41, 5.74) is 1.10. The number of thiazole rings is 1. The first-order chi connectivity index (χ1) is 10.7. The summed E-state index contributed by atoms with van der Waals surface area (Å²) >= 11 is 1.63. The molecule has 1 aliphatic rings. The summed E-state index contributed by atoms with van der Waals surface area (Å²) in [5, 5.41) is 13.4. The second-order valence-electron chi connectivity index (χ2n) is 6.42. The molecule has 1 aromatic rings. The van der Waals surface area contributed by atoms with Crippen LogP contribution in [0.2, 0.25) is 0 Å². The van der Waals surface area contributed by atoms with E-state index in [-0.39, 0.29) is 0 Å². The topological polar surface area (TPSA) is 85.8 Å². The van der Waals surface area contributed by atoms with Crippen LogP contribution in [0.15, 0.2) is 5.38 Å². The lowest BCUT2D eigenvalue weighted by molar-refractivity contribution is 0.0441. The third kappa shape index (κ3) is 4.94. The number of hydrogen-bond donors (Lipinski definition) is 2. The van der Waals surface area contributed by atoms with E-state index in [1.807, 2.05) is 0 Å². The first kappa shape index (κ1) is 18.8. The van der Waals surface area contributed by atoms with E-state index < -0.39 is 22.4 Å². The van der Waals surface area contributed by atoms with Gasteiger partial charge in [0.25, 0.3) is 10.2 Å². The monoisotopic (exact) mass is 362 g/mol. The molecule has 2 rings (SSSR count). The minimum absolute atomic E-state index is 0.414. The second kappa shape index (κ2) is 7.54. The van der Waals surface area contributed by atoms with Crippen molar-refractivity contribution in [2.45, 2.75) is 44.9 Å². The van der Waals surface area contributed by atoms with Gasteiger partial charge in [0.2, 0.25) is 0 Å². The summed E-state index contributed by atoms with van der Waals surface area (Å²) in [7, 11) is -0.577. The number of likely N-dealkylation sites (tertiary alicyclic amines) is 1. The van der Waals surface area contributed by atoms with Gasteiger partial charge >= 0.3 is 0 Å². The maximum Gasteiger partial charge on any atom is 0.279 e. The highest BCUT2D eigenvalue weighted by molar-refractivity contribution is 7.87. The molecule has 0 aromatic carbocycles. The zero-order chi connectivity index (χ0) is 17.2. The number of nitrogens with one attached hydrogen (secondary N) is 1. The predicted octanol–water partition coefficient (Wildman–Crippen LogP) is 0.598. The zero-order valence-corrected chi connectivity index (χ0v) is 15.7. The standard InChI is InChI=1S/C14H26N4O3S2/c1-10(2)12-9-22-14(15-12)8-18-6-5-11(13(19)7-18)16-23(20,21)17(3)4/h9-11,13,16,19H,5-8H2,1-4H3/t11-,13-/m1/s1.